The number of carboxylic acid groups (broad SMARTS) is 1. The number of nitrogens with zero attached hydrogens (tertiary/aromatic N) is 5. The number of likely N-dealkylation sites (N-methyl/N-ethyl adjacent to an activating group) is 1. The molecule has 0 saturated carbocycles. The van der Waals surface area contributed by atoms with Crippen LogP contribution in [0.4, 0.5) is 10.5 Å². The van der Waals surface area contributed by atoms with Gasteiger partial charge in [-0.05, 0) is 31.2 Å². The molecule has 3 aliphatic rings. The van der Waals surface area contributed by atoms with Crippen LogP contribution in [0.3, 0.4) is 0 Å². The first-order valence-electron chi connectivity index (χ1n) is 9.45. The van der Waals surface area contributed by atoms with Crippen LogP contribution in [0.2, 0.25) is 0 Å². The number of fused-ring (bicyclic) bond motifs is 2. The van der Waals surface area contributed by atoms with E-state index in [9.17, 15) is 14.4 Å². The lowest BCUT2D eigenvalue weighted by molar-refractivity contribution is -0.539. The molecule has 152 valence electrons. The largest absolute Gasteiger partial charge is 0.494 e. The average Bonchev–Trinajstić information content (AvgIpc) is 3.10. The summed E-state index contributed by atoms with van der Waals surface area (Å²) < 4.78 is 7.33. The number of rotatable bonds is 5. The molecule has 0 bridgehead atoms. The first-order chi connectivity index (χ1) is 13.9. The molecule has 1 aromatic rings. The molecular formula is C19H22N5O5+. The van der Waals surface area contributed by atoms with Crippen molar-refractivity contribution in [2.45, 2.75) is 19.4 Å². The summed E-state index contributed by atoms with van der Waals surface area (Å²) in [5, 5.41) is 9.08. The minimum atomic E-state index is -1.24. The number of hydrogen-bond acceptors (Lipinski definition) is 6. The maximum absolute atomic E-state index is 13.0. The van der Waals surface area contributed by atoms with Gasteiger partial charge in [-0.15, -0.1) is 0 Å². The topological polar surface area (TPSA) is 106 Å². The predicted octanol–water partition coefficient (Wildman–Crippen LogP) is 0.423. The predicted molar refractivity (Wildman–Crippen MR) is 103 cm³/mol. The lowest BCUT2D eigenvalue weighted by Crippen LogP contribution is -2.64. The van der Waals surface area contributed by atoms with Crippen LogP contribution in [-0.4, -0.2) is 88.5 Å². The third kappa shape index (κ3) is 3.10. The number of carbonyl (C=O) groups is 3. The number of carboxylic acids is 1. The summed E-state index contributed by atoms with van der Waals surface area (Å²) in [6.07, 6.45) is 0.792. The molecule has 3 amide bonds. The molecule has 0 spiro atoms. The van der Waals surface area contributed by atoms with Crippen molar-refractivity contribution in [3.05, 3.63) is 24.3 Å². The monoisotopic (exact) mass is 400 g/mol. The number of amidine groups is 1. The summed E-state index contributed by atoms with van der Waals surface area (Å²) >= 11 is 0. The number of carbonyl (C=O) groups excluding carboxylic acids is 2. The molecule has 4 rings (SSSR count). The van der Waals surface area contributed by atoms with E-state index >= 15 is 0 Å². The van der Waals surface area contributed by atoms with Crippen LogP contribution < -0.4 is 9.64 Å². The van der Waals surface area contributed by atoms with Crippen LogP contribution >= 0.6 is 0 Å². The number of benzene rings is 1. The molecule has 29 heavy (non-hydrogen) atoms. The number of amides is 3. The van der Waals surface area contributed by atoms with Crippen LogP contribution in [-0.2, 0) is 9.59 Å². The van der Waals surface area contributed by atoms with Gasteiger partial charge in [0.25, 0.3) is 5.91 Å². The van der Waals surface area contributed by atoms with E-state index in [4.69, 9.17) is 9.84 Å². The summed E-state index contributed by atoms with van der Waals surface area (Å²) in [7, 11) is 1.51. The first kappa shape index (κ1) is 18.9. The number of imide groups is 1. The smallest absolute Gasteiger partial charge is 0.397 e. The number of aliphatic imine (C=N–C) groups is 1. The Labute approximate surface area is 167 Å². The Morgan fingerprint density at radius 1 is 1.31 bits per heavy atom. The molecular weight excluding hydrogens is 378 g/mol. The zero-order valence-electron chi connectivity index (χ0n) is 16.2. The molecule has 1 N–H and O–H groups in total. The maximum atomic E-state index is 13.0. The second-order valence-corrected chi connectivity index (χ2v) is 6.96. The number of guanidine groups is 1. The summed E-state index contributed by atoms with van der Waals surface area (Å²) in [4.78, 5) is 45.2. The van der Waals surface area contributed by atoms with Crippen molar-refractivity contribution in [2.75, 3.05) is 38.2 Å². The van der Waals surface area contributed by atoms with Crippen molar-refractivity contribution >= 4 is 35.4 Å². The lowest BCUT2D eigenvalue weighted by Gasteiger charge is -2.33. The molecule has 0 aliphatic carbocycles. The number of ether oxygens (including phenoxy) is 1. The maximum Gasteiger partial charge on any atom is 0.397 e. The van der Waals surface area contributed by atoms with E-state index in [2.05, 4.69) is 4.99 Å². The van der Waals surface area contributed by atoms with Gasteiger partial charge in [-0.3, -0.25) is 14.5 Å². The Balaban J connectivity index is 1.69. The second kappa shape index (κ2) is 7.19. The van der Waals surface area contributed by atoms with Gasteiger partial charge in [-0.1, -0.05) is 4.99 Å². The van der Waals surface area contributed by atoms with Gasteiger partial charge in [-0.25, -0.2) is 19.2 Å². The summed E-state index contributed by atoms with van der Waals surface area (Å²) in [5.41, 5.74) is 0.903. The molecule has 1 atom stereocenters. The van der Waals surface area contributed by atoms with Gasteiger partial charge >= 0.3 is 18.0 Å². The highest BCUT2D eigenvalue weighted by Gasteiger charge is 2.54. The van der Waals surface area contributed by atoms with E-state index < -0.39 is 30.5 Å². The van der Waals surface area contributed by atoms with Crippen LogP contribution in [0.1, 0.15) is 13.3 Å². The molecule has 1 fully saturated rings. The third-order valence-corrected chi connectivity index (χ3v) is 5.16. The van der Waals surface area contributed by atoms with Crippen molar-refractivity contribution < 1.29 is 28.8 Å². The van der Waals surface area contributed by atoms with Crippen molar-refractivity contribution in [3.63, 3.8) is 0 Å². The molecule has 10 heteroatoms. The van der Waals surface area contributed by atoms with Gasteiger partial charge in [0.2, 0.25) is 11.9 Å². The van der Waals surface area contributed by atoms with Crippen molar-refractivity contribution in [3.8, 4) is 5.75 Å². The molecule has 3 aliphatic heterocycles. The lowest BCUT2D eigenvalue weighted by atomic mass is 10.1. The Morgan fingerprint density at radius 3 is 2.69 bits per heavy atom. The molecule has 1 aromatic carbocycles. The second-order valence-electron chi connectivity index (χ2n) is 6.96. The van der Waals surface area contributed by atoms with E-state index in [0.717, 1.165) is 22.8 Å². The quantitative estimate of drug-likeness (QED) is 0.719. The Bertz CT molecular complexity index is 939. The third-order valence-electron chi connectivity index (χ3n) is 5.16. The SMILES string of the molecule is CCOc1ccc(N2CCC[N+]3=C2N=C2C3C(=O)N(CC(=O)O)C(=O)N2C)cc1. The highest BCUT2D eigenvalue weighted by molar-refractivity contribution is 6.24. The molecule has 0 aromatic heterocycles. The molecule has 3 heterocycles. The molecule has 1 unspecified atom stereocenters. The fraction of sp³-hybridized carbons (Fsp3) is 0.421. The van der Waals surface area contributed by atoms with E-state index in [-0.39, 0.29) is 0 Å². The summed E-state index contributed by atoms with van der Waals surface area (Å²) in [5.74, 6) is -0.110. The van der Waals surface area contributed by atoms with E-state index in [1.54, 1.807) is 0 Å². The zero-order chi connectivity index (χ0) is 20.7. The summed E-state index contributed by atoms with van der Waals surface area (Å²) in [6, 6.07) is 6.14. The van der Waals surface area contributed by atoms with Crippen LogP contribution in [0.15, 0.2) is 29.3 Å². The molecule has 1 saturated heterocycles. The van der Waals surface area contributed by atoms with Gasteiger partial charge in [0.15, 0.2) is 0 Å². The van der Waals surface area contributed by atoms with Gasteiger partial charge in [-0.2, -0.15) is 0 Å². The fourth-order valence-corrected chi connectivity index (χ4v) is 3.86. The molecule has 0 radical (unpaired) electrons. The highest BCUT2D eigenvalue weighted by atomic mass is 16.5. The average molecular weight is 400 g/mol. The van der Waals surface area contributed by atoms with Crippen LogP contribution in [0.25, 0.3) is 0 Å². The van der Waals surface area contributed by atoms with Crippen molar-refractivity contribution in [2.24, 2.45) is 4.99 Å². The van der Waals surface area contributed by atoms with Crippen LogP contribution in [0.5, 0.6) is 5.75 Å². The van der Waals surface area contributed by atoms with Gasteiger partial charge in [0.05, 0.1) is 19.7 Å². The van der Waals surface area contributed by atoms with Crippen molar-refractivity contribution in [1.82, 2.24) is 9.80 Å². The minimum absolute atomic E-state index is 0.328. The number of urea groups is 1. The van der Waals surface area contributed by atoms with Gasteiger partial charge in [0, 0.05) is 13.5 Å². The highest BCUT2D eigenvalue weighted by Crippen LogP contribution is 2.27. The standard InChI is InChI=1S/C19H21N5O5/c1-3-29-13-7-5-12(6-8-13)22-9-4-10-23-15-16(20-18(22)23)21(2)19(28)24(17(15)27)11-14(25)26/h5-8,15H,3-4,9-11H2,1-2H3/p+1. The first-order valence-corrected chi connectivity index (χ1v) is 9.45. The number of hydrogen-bond donors (Lipinski definition) is 1. The van der Waals surface area contributed by atoms with E-state index in [1.165, 1.54) is 11.9 Å². The Hall–Kier alpha value is -3.43. The normalized spacial score (nSPS) is 21.2. The number of anilines is 1. The fourth-order valence-electron chi connectivity index (χ4n) is 3.86. The van der Waals surface area contributed by atoms with Gasteiger partial charge < -0.3 is 9.84 Å². The van der Waals surface area contributed by atoms with Crippen molar-refractivity contribution in [1.29, 1.82) is 0 Å². The Kier molecular flexibility index (Phi) is 4.69. The van der Waals surface area contributed by atoms with E-state index in [1.807, 2.05) is 40.7 Å². The van der Waals surface area contributed by atoms with Gasteiger partial charge in [0.1, 0.15) is 18.0 Å². The molecule has 10 nitrogen and oxygen atoms in total. The van der Waals surface area contributed by atoms with E-state index in [0.29, 0.717) is 31.5 Å². The Morgan fingerprint density at radius 2 is 2.03 bits per heavy atom. The van der Waals surface area contributed by atoms with Crippen LogP contribution in [0, 0.1) is 0 Å². The zero-order valence-corrected chi connectivity index (χ0v) is 16.2. The number of aliphatic carboxylic acids is 1. The summed E-state index contributed by atoms with van der Waals surface area (Å²) in [6.45, 7) is 3.14. The minimum Gasteiger partial charge on any atom is -0.494 e.